The van der Waals surface area contributed by atoms with Gasteiger partial charge in [0.25, 0.3) is 0 Å². The molecule has 0 saturated heterocycles. The number of H-pyrrole nitrogens is 1. The second kappa shape index (κ2) is 6.41. The van der Waals surface area contributed by atoms with Gasteiger partial charge in [0.1, 0.15) is 6.54 Å². The average molecular weight is 289 g/mol. The van der Waals surface area contributed by atoms with Gasteiger partial charge in [0.15, 0.2) is 0 Å². The van der Waals surface area contributed by atoms with Crippen molar-refractivity contribution in [1.82, 2.24) is 9.88 Å². The third kappa shape index (κ3) is 3.41. The molecule has 0 aliphatic rings. The number of hydrogen-bond donors (Lipinski definition) is 3. The number of amides is 1. The highest BCUT2D eigenvalue weighted by Crippen LogP contribution is 2.19. The Morgan fingerprint density at radius 1 is 1.38 bits per heavy atom. The molecule has 2 rings (SSSR count). The van der Waals surface area contributed by atoms with Crippen molar-refractivity contribution >= 4 is 22.8 Å². The van der Waals surface area contributed by atoms with Crippen LogP contribution < -0.4 is 5.73 Å². The van der Waals surface area contributed by atoms with E-state index in [9.17, 15) is 9.59 Å². The molecule has 2 aromatic rings. The van der Waals surface area contributed by atoms with Crippen LogP contribution in [0.1, 0.15) is 12.5 Å². The van der Waals surface area contributed by atoms with Crippen LogP contribution in [-0.4, -0.2) is 46.0 Å². The van der Waals surface area contributed by atoms with Crippen LogP contribution in [0, 0.1) is 0 Å². The lowest BCUT2D eigenvalue weighted by Crippen LogP contribution is -2.46. The van der Waals surface area contributed by atoms with Gasteiger partial charge >= 0.3 is 5.97 Å². The smallest absolute Gasteiger partial charge is 0.323 e. The summed E-state index contributed by atoms with van der Waals surface area (Å²) in [6.45, 7) is 1.74. The van der Waals surface area contributed by atoms with Gasteiger partial charge in [-0.1, -0.05) is 18.2 Å². The van der Waals surface area contributed by atoms with Crippen molar-refractivity contribution in [3.63, 3.8) is 0 Å². The van der Waals surface area contributed by atoms with Crippen LogP contribution in [0.3, 0.4) is 0 Å². The Hall–Kier alpha value is -2.34. The number of fused-ring (bicyclic) bond motifs is 1. The molecule has 21 heavy (non-hydrogen) atoms. The number of aliphatic carboxylic acids is 1. The van der Waals surface area contributed by atoms with Crippen LogP contribution in [0.15, 0.2) is 30.5 Å². The van der Waals surface area contributed by atoms with E-state index in [0.717, 1.165) is 16.5 Å². The number of nitrogens with one attached hydrogen (secondary N) is 1. The van der Waals surface area contributed by atoms with E-state index in [-0.39, 0.29) is 12.5 Å². The maximum atomic E-state index is 12.2. The first-order chi connectivity index (χ1) is 10.0. The zero-order chi connectivity index (χ0) is 15.4. The molecule has 0 saturated carbocycles. The molecule has 112 valence electrons. The zero-order valence-corrected chi connectivity index (χ0v) is 11.9. The fourth-order valence-corrected chi connectivity index (χ4v) is 2.37. The lowest BCUT2D eigenvalue weighted by molar-refractivity contribution is -0.144. The van der Waals surface area contributed by atoms with Crippen LogP contribution in [0.2, 0.25) is 0 Å². The summed E-state index contributed by atoms with van der Waals surface area (Å²) in [4.78, 5) is 27.3. The van der Waals surface area contributed by atoms with Crippen molar-refractivity contribution < 1.29 is 14.7 Å². The van der Waals surface area contributed by atoms with Crippen LogP contribution in [0.25, 0.3) is 10.9 Å². The molecule has 0 radical (unpaired) electrons. The summed E-state index contributed by atoms with van der Waals surface area (Å²) >= 11 is 0. The van der Waals surface area contributed by atoms with E-state index >= 15 is 0 Å². The average Bonchev–Trinajstić information content (AvgIpc) is 2.87. The zero-order valence-electron chi connectivity index (χ0n) is 11.9. The van der Waals surface area contributed by atoms with Gasteiger partial charge in [0, 0.05) is 23.6 Å². The molecule has 1 aromatic heterocycles. The van der Waals surface area contributed by atoms with Gasteiger partial charge in [-0.05, 0) is 25.0 Å². The summed E-state index contributed by atoms with van der Waals surface area (Å²) in [7, 11) is 0. The summed E-state index contributed by atoms with van der Waals surface area (Å²) in [5.74, 6) is -1.38. The Labute approximate surface area is 122 Å². The summed E-state index contributed by atoms with van der Waals surface area (Å²) in [6.07, 6.45) is 2.21. The second-order valence-electron chi connectivity index (χ2n) is 4.92. The molecular weight excluding hydrogens is 270 g/mol. The SMILES string of the molecule is CCN(CC(=O)O)C(=O)C(N)Cc1c[nH]c2ccccc12. The standard InChI is InChI=1S/C15H19N3O3/c1-2-18(9-14(19)20)15(21)12(16)7-10-8-17-13-6-4-3-5-11(10)13/h3-6,8,12,17H,2,7,9,16H2,1H3,(H,19,20). The molecule has 0 aliphatic heterocycles. The van der Waals surface area contributed by atoms with Gasteiger partial charge in [-0.2, -0.15) is 0 Å². The van der Waals surface area contributed by atoms with Crippen molar-refractivity contribution in [3.05, 3.63) is 36.0 Å². The summed E-state index contributed by atoms with van der Waals surface area (Å²) in [5, 5.41) is 9.83. The van der Waals surface area contributed by atoms with Crippen LogP contribution in [0.4, 0.5) is 0 Å². The van der Waals surface area contributed by atoms with E-state index in [2.05, 4.69) is 4.98 Å². The fourth-order valence-electron chi connectivity index (χ4n) is 2.37. The molecular formula is C15H19N3O3. The number of carboxylic acid groups (broad SMARTS) is 1. The molecule has 6 nitrogen and oxygen atoms in total. The number of carboxylic acids is 1. The number of nitrogens with zero attached hydrogens (tertiary/aromatic N) is 1. The maximum absolute atomic E-state index is 12.2. The number of rotatable bonds is 6. The van der Waals surface area contributed by atoms with E-state index in [1.54, 1.807) is 6.92 Å². The molecule has 0 spiro atoms. The van der Waals surface area contributed by atoms with Gasteiger partial charge in [0.05, 0.1) is 6.04 Å². The first-order valence-electron chi connectivity index (χ1n) is 6.84. The number of likely N-dealkylation sites (N-methyl/N-ethyl adjacent to an activating group) is 1. The minimum Gasteiger partial charge on any atom is -0.480 e. The van der Waals surface area contributed by atoms with Gasteiger partial charge in [0.2, 0.25) is 5.91 Å². The van der Waals surface area contributed by atoms with E-state index in [1.807, 2.05) is 30.5 Å². The number of nitrogens with two attached hydrogens (primary N) is 1. The molecule has 1 atom stereocenters. The molecule has 6 heteroatoms. The highest BCUT2D eigenvalue weighted by atomic mass is 16.4. The first-order valence-corrected chi connectivity index (χ1v) is 6.84. The van der Waals surface area contributed by atoms with E-state index < -0.39 is 12.0 Å². The third-order valence-corrected chi connectivity index (χ3v) is 3.45. The molecule has 0 aliphatic carbocycles. The van der Waals surface area contributed by atoms with Gasteiger partial charge in [-0.3, -0.25) is 9.59 Å². The predicted octanol–water partition coefficient (Wildman–Crippen LogP) is 0.971. The lowest BCUT2D eigenvalue weighted by atomic mass is 10.0. The van der Waals surface area contributed by atoms with Crippen LogP contribution >= 0.6 is 0 Å². The number of hydrogen-bond acceptors (Lipinski definition) is 3. The van der Waals surface area contributed by atoms with Gasteiger partial charge in [-0.15, -0.1) is 0 Å². The molecule has 0 bridgehead atoms. The largest absolute Gasteiger partial charge is 0.480 e. The molecule has 1 amide bonds. The number of benzene rings is 1. The van der Waals surface area contributed by atoms with Crippen LogP contribution in [-0.2, 0) is 16.0 Å². The molecule has 0 fully saturated rings. The number of para-hydroxylation sites is 1. The van der Waals surface area contributed by atoms with Crippen molar-refractivity contribution in [2.45, 2.75) is 19.4 Å². The topological polar surface area (TPSA) is 99.4 Å². The van der Waals surface area contributed by atoms with Crippen molar-refractivity contribution in [2.75, 3.05) is 13.1 Å². The number of aromatic amines is 1. The summed E-state index contributed by atoms with van der Waals surface area (Å²) < 4.78 is 0. The molecule has 4 N–H and O–H groups in total. The van der Waals surface area contributed by atoms with E-state index in [0.29, 0.717) is 13.0 Å². The molecule has 1 heterocycles. The first kappa shape index (κ1) is 15.1. The van der Waals surface area contributed by atoms with Gasteiger partial charge < -0.3 is 20.7 Å². The van der Waals surface area contributed by atoms with Crippen molar-refractivity contribution in [2.24, 2.45) is 5.73 Å². The fraction of sp³-hybridized carbons (Fsp3) is 0.333. The van der Waals surface area contributed by atoms with E-state index in [1.165, 1.54) is 4.90 Å². The number of aromatic nitrogens is 1. The highest BCUT2D eigenvalue weighted by molar-refractivity contribution is 5.87. The summed E-state index contributed by atoms with van der Waals surface area (Å²) in [5.41, 5.74) is 7.90. The van der Waals surface area contributed by atoms with E-state index in [4.69, 9.17) is 10.8 Å². The Morgan fingerprint density at radius 3 is 2.76 bits per heavy atom. The third-order valence-electron chi connectivity index (χ3n) is 3.45. The minimum atomic E-state index is -1.04. The molecule has 1 unspecified atom stereocenters. The quantitative estimate of drug-likeness (QED) is 0.737. The summed E-state index contributed by atoms with van der Waals surface area (Å²) in [6, 6.07) is 7.03. The number of carbonyl (C=O) groups is 2. The number of carbonyl (C=O) groups excluding carboxylic acids is 1. The Bertz CT molecular complexity index is 650. The Kier molecular flexibility index (Phi) is 4.59. The predicted molar refractivity (Wildman–Crippen MR) is 79.9 cm³/mol. The second-order valence-corrected chi connectivity index (χ2v) is 4.92. The van der Waals surface area contributed by atoms with Crippen LogP contribution in [0.5, 0.6) is 0 Å². The van der Waals surface area contributed by atoms with Crippen molar-refractivity contribution in [1.29, 1.82) is 0 Å². The van der Waals surface area contributed by atoms with Gasteiger partial charge in [-0.25, -0.2) is 0 Å². The monoisotopic (exact) mass is 289 g/mol. The Morgan fingerprint density at radius 2 is 2.10 bits per heavy atom. The highest BCUT2D eigenvalue weighted by Gasteiger charge is 2.22. The minimum absolute atomic E-state index is 0.323. The Balaban J connectivity index is 2.11. The van der Waals surface area contributed by atoms with Crippen molar-refractivity contribution in [3.8, 4) is 0 Å². The normalized spacial score (nSPS) is 12.3. The lowest BCUT2D eigenvalue weighted by Gasteiger charge is -2.22. The maximum Gasteiger partial charge on any atom is 0.323 e. The molecule has 1 aromatic carbocycles.